The molecule has 0 saturated heterocycles. The van der Waals surface area contributed by atoms with Crippen LogP contribution in [0.2, 0.25) is 0 Å². The van der Waals surface area contributed by atoms with Gasteiger partial charge >= 0.3 is 0 Å². The Hall–Kier alpha value is -1.91. The van der Waals surface area contributed by atoms with Gasteiger partial charge in [-0.05, 0) is 52.9 Å². The van der Waals surface area contributed by atoms with E-state index >= 15 is 0 Å². The topological polar surface area (TPSA) is 55.6 Å². The lowest BCUT2D eigenvalue weighted by atomic mass is 9.73. The van der Waals surface area contributed by atoms with E-state index in [2.05, 4.69) is 46.8 Å². The molecule has 1 aliphatic carbocycles. The fraction of sp³-hybridized carbons (Fsp3) is 0.533. The summed E-state index contributed by atoms with van der Waals surface area (Å²) in [4.78, 5) is 0. The van der Waals surface area contributed by atoms with E-state index in [9.17, 15) is 0 Å². The number of nitrogens with zero attached hydrogens (tertiary/aromatic N) is 4. The van der Waals surface area contributed by atoms with Crippen molar-refractivity contribution in [2.75, 3.05) is 5.32 Å². The molecule has 0 aliphatic heterocycles. The zero-order valence-corrected chi connectivity index (χ0v) is 12.1. The summed E-state index contributed by atoms with van der Waals surface area (Å²) in [6, 6.07) is 8.82. The maximum absolute atomic E-state index is 3.89. The van der Waals surface area contributed by atoms with Crippen molar-refractivity contribution in [1.29, 1.82) is 0 Å². The summed E-state index contributed by atoms with van der Waals surface area (Å²) in [5.74, 6) is 0. The molecule has 5 nitrogen and oxygen atoms in total. The first kappa shape index (κ1) is 13.1. The number of nitrogens with one attached hydrogen (secondary N) is 1. The minimum absolute atomic E-state index is 0.368. The summed E-state index contributed by atoms with van der Waals surface area (Å²) in [7, 11) is 0. The summed E-state index contributed by atoms with van der Waals surface area (Å²) < 4.78 is 1.66. The Morgan fingerprint density at radius 3 is 2.65 bits per heavy atom. The van der Waals surface area contributed by atoms with Gasteiger partial charge < -0.3 is 5.32 Å². The SMILES string of the molecule is CC1(C)CCCCC1Nc1ccc(-n2cnnn2)cc1. The first-order valence-electron chi connectivity index (χ1n) is 7.25. The fourth-order valence-electron chi connectivity index (χ4n) is 2.95. The zero-order chi connectivity index (χ0) is 14.0. The minimum atomic E-state index is 0.368. The third-order valence-electron chi connectivity index (χ3n) is 4.33. The molecule has 2 aromatic rings. The number of anilines is 1. The number of hydrogen-bond acceptors (Lipinski definition) is 4. The van der Waals surface area contributed by atoms with E-state index in [0.717, 1.165) is 5.69 Å². The quantitative estimate of drug-likeness (QED) is 0.932. The van der Waals surface area contributed by atoms with Crippen molar-refractivity contribution in [2.24, 2.45) is 5.41 Å². The van der Waals surface area contributed by atoms with Crippen molar-refractivity contribution in [3.05, 3.63) is 30.6 Å². The average molecular weight is 271 g/mol. The van der Waals surface area contributed by atoms with Gasteiger partial charge in [0.1, 0.15) is 6.33 Å². The van der Waals surface area contributed by atoms with Gasteiger partial charge in [0, 0.05) is 11.7 Å². The maximum Gasteiger partial charge on any atom is 0.143 e. The first-order valence-corrected chi connectivity index (χ1v) is 7.25. The molecule has 0 spiro atoms. The van der Waals surface area contributed by atoms with Gasteiger partial charge in [-0.2, -0.15) is 0 Å². The second-order valence-electron chi connectivity index (χ2n) is 6.23. The Labute approximate surface area is 119 Å². The highest BCUT2D eigenvalue weighted by molar-refractivity contribution is 5.49. The molecule has 1 atom stereocenters. The van der Waals surface area contributed by atoms with Crippen LogP contribution in [0.25, 0.3) is 5.69 Å². The van der Waals surface area contributed by atoms with Gasteiger partial charge in [0.15, 0.2) is 0 Å². The molecule has 3 rings (SSSR count). The average Bonchev–Trinajstić information content (AvgIpc) is 2.96. The highest BCUT2D eigenvalue weighted by atomic mass is 15.5. The predicted molar refractivity (Wildman–Crippen MR) is 78.8 cm³/mol. The number of aromatic nitrogens is 4. The molecular weight excluding hydrogens is 250 g/mol. The van der Waals surface area contributed by atoms with Crippen LogP contribution < -0.4 is 5.32 Å². The Bertz CT molecular complexity index is 544. The van der Waals surface area contributed by atoms with Gasteiger partial charge in [0.05, 0.1) is 5.69 Å². The molecule has 0 amide bonds. The van der Waals surface area contributed by atoms with Crippen LogP contribution in [0.1, 0.15) is 39.5 Å². The minimum Gasteiger partial charge on any atom is -0.382 e. The molecular formula is C15H21N5. The highest BCUT2D eigenvalue weighted by Crippen LogP contribution is 2.37. The molecule has 1 aliphatic rings. The van der Waals surface area contributed by atoms with E-state index in [1.165, 1.54) is 31.4 Å². The molecule has 0 bridgehead atoms. The summed E-state index contributed by atoms with van der Waals surface area (Å²) in [6.45, 7) is 4.72. The molecule has 1 fully saturated rings. The maximum atomic E-state index is 3.89. The van der Waals surface area contributed by atoms with Crippen LogP contribution in [0.3, 0.4) is 0 Å². The molecule has 106 valence electrons. The largest absolute Gasteiger partial charge is 0.382 e. The van der Waals surface area contributed by atoms with Crippen LogP contribution in [0, 0.1) is 5.41 Å². The third kappa shape index (κ3) is 2.66. The van der Waals surface area contributed by atoms with Crippen molar-refractivity contribution >= 4 is 5.69 Å². The molecule has 1 N–H and O–H groups in total. The second kappa shape index (κ2) is 5.23. The number of rotatable bonds is 3. The van der Waals surface area contributed by atoms with Crippen molar-refractivity contribution < 1.29 is 0 Å². The van der Waals surface area contributed by atoms with Crippen LogP contribution in [0.15, 0.2) is 30.6 Å². The normalized spacial score (nSPS) is 21.6. The molecule has 20 heavy (non-hydrogen) atoms. The summed E-state index contributed by atoms with van der Waals surface area (Å²) in [6.07, 6.45) is 6.83. The molecule has 1 unspecified atom stereocenters. The van der Waals surface area contributed by atoms with E-state index < -0.39 is 0 Å². The van der Waals surface area contributed by atoms with Gasteiger partial charge in [-0.3, -0.25) is 0 Å². The number of hydrogen-bond donors (Lipinski definition) is 1. The summed E-state index contributed by atoms with van der Waals surface area (Å²) >= 11 is 0. The fourth-order valence-corrected chi connectivity index (χ4v) is 2.95. The van der Waals surface area contributed by atoms with E-state index in [1.54, 1.807) is 11.0 Å². The molecule has 0 radical (unpaired) electrons. The second-order valence-corrected chi connectivity index (χ2v) is 6.23. The van der Waals surface area contributed by atoms with Crippen molar-refractivity contribution in [3.8, 4) is 5.69 Å². The van der Waals surface area contributed by atoms with E-state index in [-0.39, 0.29) is 0 Å². The van der Waals surface area contributed by atoms with Crippen LogP contribution in [-0.4, -0.2) is 26.2 Å². The summed E-state index contributed by atoms with van der Waals surface area (Å²) in [5.41, 5.74) is 2.51. The highest BCUT2D eigenvalue weighted by Gasteiger charge is 2.31. The van der Waals surface area contributed by atoms with Crippen molar-refractivity contribution in [1.82, 2.24) is 20.2 Å². The monoisotopic (exact) mass is 271 g/mol. The molecule has 1 aromatic heterocycles. The van der Waals surface area contributed by atoms with Gasteiger partial charge in [-0.15, -0.1) is 5.10 Å². The van der Waals surface area contributed by atoms with Gasteiger partial charge in [-0.25, -0.2) is 4.68 Å². The first-order chi connectivity index (χ1) is 9.65. The lowest BCUT2D eigenvalue weighted by Gasteiger charge is -2.39. The molecule has 1 heterocycles. The third-order valence-corrected chi connectivity index (χ3v) is 4.33. The van der Waals surface area contributed by atoms with E-state index in [4.69, 9.17) is 0 Å². The van der Waals surface area contributed by atoms with Gasteiger partial charge in [0.2, 0.25) is 0 Å². The number of tetrazole rings is 1. The number of benzene rings is 1. The Morgan fingerprint density at radius 1 is 1.20 bits per heavy atom. The Balaban J connectivity index is 1.72. The lowest BCUT2D eigenvalue weighted by molar-refractivity contribution is 0.217. The standard InChI is InChI=1S/C15H21N5/c1-15(2)10-4-3-5-14(15)17-12-6-8-13(9-7-12)20-11-16-18-19-20/h6-9,11,14,17H,3-5,10H2,1-2H3. The Kier molecular flexibility index (Phi) is 3.42. The molecule has 5 heteroatoms. The van der Waals surface area contributed by atoms with Gasteiger partial charge in [0.25, 0.3) is 0 Å². The molecule has 1 aromatic carbocycles. The van der Waals surface area contributed by atoms with E-state index in [1.807, 2.05) is 12.1 Å². The Morgan fingerprint density at radius 2 is 2.00 bits per heavy atom. The smallest absolute Gasteiger partial charge is 0.143 e. The van der Waals surface area contributed by atoms with Crippen molar-refractivity contribution in [2.45, 2.75) is 45.6 Å². The zero-order valence-electron chi connectivity index (χ0n) is 12.1. The summed E-state index contributed by atoms with van der Waals surface area (Å²) in [5, 5.41) is 14.9. The predicted octanol–water partition coefficient (Wildman–Crippen LogP) is 3.04. The van der Waals surface area contributed by atoms with Crippen LogP contribution in [0.5, 0.6) is 0 Å². The van der Waals surface area contributed by atoms with Crippen LogP contribution in [0.4, 0.5) is 5.69 Å². The lowest BCUT2D eigenvalue weighted by Crippen LogP contribution is -2.38. The van der Waals surface area contributed by atoms with Crippen molar-refractivity contribution in [3.63, 3.8) is 0 Å². The van der Waals surface area contributed by atoms with Crippen LogP contribution in [-0.2, 0) is 0 Å². The van der Waals surface area contributed by atoms with Crippen LogP contribution >= 0.6 is 0 Å². The van der Waals surface area contributed by atoms with E-state index in [0.29, 0.717) is 11.5 Å². The van der Waals surface area contributed by atoms with Gasteiger partial charge in [-0.1, -0.05) is 26.7 Å². The molecule has 1 saturated carbocycles.